The van der Waals surface area contributed by atoms with Gasteiger partial charge in [-0.15, -0.1) is 0 Å². The van der Waals surface area contributed by atoms with Crippen LogP contribution in [0.2, 0.25) is 0 Å². The van der Waals surface area contributed by atoms with E-state index >= 15 is 0 Å². The fourth-order valence-corrected chi connectivity index (χ4v) is 2.95. The molecule has 29 heavy (non-hydrogen) atoms. The maximum atomic E-state index is 14.1. The number of nitrogens with one attached hydrogen (secondary N) is 1. The van der Waals surface area contributed by atoms with Gasteiger partial charge in [0.15, 0.2) is 6.29 Å². The van der Waals surface area contributed by atoms with E-state index in [0.29, 0.717) is 29.5 Å². The summed E-state index contributed by atoms with van der Waals surface area (Å²) in [5.41, 5.74) is 1.79. The van der Waals surface area contributed by atoms with Crippen molar-refractivity contribution in [3.8, 4) is 5.69 Å². The summed E-state index contributed by atoms with van der Waals surface area (Å²) >= 11 is 0. The molecule has 154 valence electrons. The molecule has 2 atom stereocenters. The summed E-state index contributed by atoms with van der Waals surface area (Å²) in [6.45, 7) is 4.11. The van der Waals surface area contributed by atoms with Crippen LogP contribution in [-0.2, 0) is 11.3 Å². The predicted octanol–water partition coefficient (Wildman–Crippen LogP) is 2.53. The molecule has 3 aromatic rings. The van der Waals surface area contributed by atoms with Gasteiger partial charge >= 0.3 is 0 Å². The van der Waals surface area contributed by atoms with E-state index in [1.165, 1.54) is 16.8 Å². The van der Waals surface area contributed by atoms with Crippen molar-refractivity contribution in [1.29, 1.82) is 0 Å². The van der Waals surface area contributed by atoms with Crippen LogP contribution < -0.4 is 5.32 Å². The Kier molecular flexibility index (Phi) is 7.05. The molecule has 0 amide bonds. The van der Waals surface area contributed by atoms with E-state index < -0.39 is 18.3 Å². The van der Waals surface area contributed by atoms with Crippen molar-refractivity contribution in [2.75, 3.05) is 6.54 Å². The zero-order chi connectivity index (χ0) is 20.8. The molecule has 2 unspecified atom stereocenters. The minimum Gasteiger partial charge on any atom is -0.374 e. The molecule has 0 fully saturated rings. The van der Waals surface area contributed by atoms with Gasteiger partial charge in [0, 0.05) is 18.5 Å². The minimum atomic E-state index is -1.10. The first-order chi connectivity index (χ1) is 13.9. The fraction of sp³-hybridized carbons (Fsp3) is 0.333. The standard InChI is InChI=1S/C21H25FN4O3/c1-14-24-15(2)26(25-14)19-11-17(10-18(22)12-19)21(28)23-9-8-20(27)29-13-16-6-4-3-5-7-16/h3-7,10-12,20-21,23,27-28H,8-9,13H2,1-2H3. The van der Waals surface area contributed by atoms with E-state index in [4.69, 9.17) is 4.74 Å². The molecular weight excluding hydrogens is 375 g/mol. The van der Waals surface area contributed by atoms with Crippen molar-refractivity contribution in [2.24, 2.45) is 0 Å². The van der Waals surface area contributed by atoms with Crippen molar-refractivity contribution in [2.45, 2.75) is 39.4 Å². The first-order valence-corrected chi connectivity index (χ1v) is 9.38. The van der Waals surface area contributed by atoms with Gasteiger partial charge in [-0.25, -0.2) is 14.1 Å². The van der Waals surface area contributed by atoms with E-state index in [-0.39, 0.29) is 13.0 Å². The third-order valence-corrected chi connectivity index (χ3v) is 4.35. The number of rotatable bonds is 9. The molecule has 1 heterocycles. The normalized spacial score (nSPS) is 13.4. The number of hydrogen-bond donors (Lipinski definition) is 3. The minimum absolute atomic E-state index is 0.271. The molecule has 8 heteroatoms. The zero-order valence-corrected chi connectivity index (χ0v) is 16.4. The van der Waals surface area contributed by atoms with E-state index in [2.05, 4.69) is 15.4 Å². The van der Waals surface area contributed by atoms with Crippen molar-refractivity contribution in [1.82, 2.24) is 20.1 Å². The van der Waals surface area contributed by atoms with Crippen LogP contribution in [-0.4, -0.2) is 37.8 Å². The lowest BCUT2D eigenvalue weighted by Gasteiger charge is -2.17. The molecule has 0 aliphatic carbocycles. The monoisotopic (exact) mass is 400 g/mol. The van der Waals surface area contributed by atoms with Crippen molar-refractivity contribution in [3.05, 3.63) is 77.1 Å². The van der Waals surface area contributed by atoms with Gasteiger partial charge in [-0.05, 0) is 37.6 Å². The average molecular weight is 400 g/mol. The average Bonchev–Trinajstić information content (AvgIpc) is 3.04. The SMILES string of the molecule is Cc1nc(C)n(-c2cc(F)cc(C(O)NCCC(O)OCc3ccccc3)c2)n1. The number of ether oxygens (including phenoxy) is 1. The van der Waals surface area contributed by atoms with E-state index in [1.807, 2.05) is 30.3 Å². The highest BCUT2D eigenvalue weighted by molar-refractivity contribution is 5.37. The fourth-order valence-electron chi connectivity index (χ4n) is 2.95. The van der Waals surface area contributed by atoms with E-state index in [1.54, 1.807) is 19.9 Å². The first-order valence-electron chi connectivity index (χ1n) is 9.38. The van der Waals surface area contributed by atoms with Gasteiger partial charge in [-0.2, -0.15) is 5.10 Å². The van der Waals surface area contributed by atoms with Gasteiger partial charge in [-0.1, -0.05) is 30.3 Å². The van der Waals surface area contributed by atoms with Crippen LogP contribution in [0.4, 0.5) is 4.39 Å². The van der Waals surface area contributed by atoms with Crippen LogP contribution in [0.5, 0.6) is 0 Å². The zero-order valence-electron chi connectivity index (χ0n) is 16.4. The predicted molar refractivity (Wildman–Crippen MR) is 106 cm³/mol. The Balaban J connectivity index is 1.54. The van der Waals surface area contributed by atoms with Crippen molar-refractivity contribution in [3.63, 3.8) is 0 Å². The van der Waals surface area contributed by atoms with Crippen LogP contribution in [0.25, 0.3) is 5.69 Å². The second-order valence-electron chi connectivity index (χ2n) is 6.76. The summed E-state index contributed by atoms with van der Waals surface area (Å²) in [4.78, 5) is 4.21. The second kappa shape index (κ2) is 9.71. The molecule has 0 bridgehead atoms. The van der Waals surface area contributed by atoms with Crippen LogP contribution >= 0.6 is 0 Å². The van der Waals surface area contributed by atoms with Crippen molar-refractivity contribution >= 4 is 0 Å². The van der Waals surface area contributed by atoms with Crippen molar-refractivity contribution < 1.29 is 19.3 Å². The van der Waals surface area contributed by atoms with E-state index in [0.717, 1.165) is 5.56 Å². The Morgan fingerprint density at radius 2 is 1.90 bits per heavy atom. The number of halogens is 1. The molecule has 0 aliphatic heterocycles. The molecule has 0 radical (unpaired) electrons. The molecule has 3 rings (SSSR count). The summed E-state index contributed by atoms with van der Waals surface area (Å²) in [5, 5.41) is 27.4. The third-order valence-electron chi connectivity index (χ3n) is 4.35. The Bertz CT molecular complexity index is 933. The van der Waals surface area contributed by atoms with Gasteiger partial charge in [0.1, 0.15) is 23.7 Å². The Labute approximate surface area is 168 Å². The first kappa shape index (κ1) is 21.1. The molecule has 0 aliphatic rings. The number of aliphatic hydroxyl groups is 2. The highest BCUT2D eigenvalue weighted by atomic mass is 19.1. The largest absolute Gasteiger partial charge is 0.374 e. The highest BCUT2D eigenvalue weighted by Gasteiger charge is 2.14. The number of aliphatic hydroxyl groups excluding tert-OH is 2. The third kappa shape index (κ3) is 5.91. The molecule has 3 N–H and O–H groups in total. The number of aromatic nitrogens is 3. The van der Waals surface area contributed by atoms with Crippen LogP contribution in [0.15, 0.2) is 48.5 Å². The summed E-state index contributed by atoms with van der Waals surface area (Å²) < 4.78 is 21.0. The molecule has 2 aromatic carbocycles. The molecule has 0 saturated heterocycles. The molecular formula is C21H25FN4O3. The summed E-state index contributed by atoms with van der Waals surface area (Å²) in [6, 6.07) is 13.8. The summed E-state index contributed by atoms with van der Waals surface area (Å²) in [7, 11) is 0. The van der Waals surface area contributed by atoms with Gasteiger partial charge in [-0.3, -0.25) is 5.32 Å². The number of benzene rings is 2. The highest BCUT2D eigenvalue weighted by Crippen LogP contribution is 2.19. The Morgan fingerprint density at radius 1 is 1.14 bits per heavy atom. The lowest BCUT2D eigenvalue weighted by atomic mass is 10.1. The van der Waals surface area contributed by atoms with Gasteiger partial charge in [0.25, 0.3) is 0 Å². The molecule has 7 nitrogen and oxygen atoms in total. The summed E-state index contributed by atoms with van der Waals surface area (Å²) in [6.07, 6.45) is -1.80. The van der Waals surface area contributed by atoms with Crippen LogP contribution in [0, 0.1) is 19.7 Å². The molecule has 0 saturated carbocycles. The number of aryl methyl sites for hydroxylation is 2. The topological polar surface area (TPSA) is 92.4 Å². The Hall–Kier alpha value is -2.65. The van der Waals surface area contributed by atoms with Crippen LogP contribution in [0.3, 0.4) is 0 Å². The van der Waals surface area contributed by atoms with Gasteiger partial charge in [0.05, 0.1) is 12.3 Å². The second-order valence-corrected chi connectivity index (χ2v) is 6.76. The Morgan fingerprint density at radius 3 is 2.59 bits per heavy atom. The van der Waals surface area contributed by atoms with Crippen LogP contribution in [0.1, 0.15) is 35.4 Å². The lowest BCUT2D eigenvalue weighted by Crippen LogP contribution is -2.26. The molecule has 0 spiro atoms. The maximum Gasteiger partial charge on any atom is 0.156 e. The summed E-state index contributed by atoms with van der Waals surface area (Å²) in [5.74, 6) is 0.716. The number of nitrogens with zero attached hydrogens (tertiary/aromatic N) is 3. The lowest BCUT2D eigenvalue weighted by molar-refractivity contribution is -0.112. The number of hydrogen-bond acceptors (Lipinski definition) is 6. The van der Waals surface area contributed by atoms with Gasteiger partial charge < -0.3 is 14.9 Å². The quantitative estimate of drug-likeness (QED) is 0.478. The van der Waals surface area contributed by atoms with E-state index in [9.17, 15) is 14.6 Å². The molecule has 1 aromatic heterocycles. The smallest absolute Gasteiger partial charge is 0.156 e. The maximum absolute atomic E-state index is 14.1. The van der Waals surface area contributed by atoms with Gasteiger partial charge in [0.2, 0.25) is 0 Å².